The molecule has 37 heavy (non-hydrogen) atoms. The lowest BCUT2D eigenvalue weighted by molar-refractivity contribution is -0.137. The Hall–Kier alpha value is -4.17. The van der Waals surface area contributed by atoms with Crippen molar-refractivity contribution >= 4 is 29.0 Å². The standard InChI is InChI=1S/C29H28N2O5S/c1-19-24(31-27(37-19)21-8-4-3-5-9-21)16-17-36-22-14-12-20(13-15-22)18-26(28(32)33)30-25-11-7-6-10-23(25)29(34)35-2/h3-15,26,30H,16-18H2,1-2H3,(H,32,33). The van der Waals surface area contributed by atoms with E-state index in [0.29, 0.717) is 24.5 Å². The number of aryl methyl sites for hydroxylation is 1. The molecule has 4 aromatic rings. The van der Waals surface area contributed by atoms with Gasteiger partial charge in [0, 0.05) is 29.0 Å². The number of hydrogen-bond acceptors (Lipinski definition) is 7. The molecule has 0 aliphatic heterocycles. The van der Waals surface area contributed by atoms with E-state index in [-0.39, 0.29) is 12.0 Å². The average Bonchev–Trinajstić information content (AvgIpc) is 3.29. The van der Waals surface area contributed by atoms with Crippen molar-refractivity contribution < 1.29 is 24.2 Å². The number of methoxy groups -OCH3 is 1. The number of para-hydroxylation sites is 1. The highest BCUT2D eigenvalue weighted by atomic mass is 32.1. The summed E-state index contributed by atoms with van der Waals surface area (Å²) in [5.41, 5.74) is 3.66. The van der Waals surface area contributed by atoms with Gasteiger partial charge in [0.15, 0.2) is 0 Å². The Morgan fingerprint density at radius 3 is 2.41 bits per heavy atom. The quantitative estimate of drug-likeness (QED) is 0.249. The first-order chi connectivity index (χ1) is 17.9. The van der Waals surface area contributed by atoms with Crippen LogP contribution in [0.15, 0.2) is 78.9 Å². The largest absolute Gasteiger partial charge is 0.493 e. The predicted octanol–water partition coefficient (Wildman–Crippen LogP) is 5.63. The molecule has 0 spiro atoms. The first kappa shape index (κ1) is 25.9. The first-order valence-electron chi connectivity index (χ1n) is 11.8. The van der Waals surface area contributed by atoms with E-state index in [1.54, 1.807) is 35.6 Å². The molecule has 0 fully saturated rings. The number of benzene rings is 3. The molecular formula is C29H28N2O5S. The molecule has 2 N–H and O–H groups in total. The summed E-state index contributed by atoms with van der Waals surface area (Å²) in [6, 6.07) is 23.2. The fraction of sp³-hybridized carbons (Fsp3) is 0.207. The van der Waals surface area contributed by atoms with Gasteiger partial charge in [-0.25, -0.2) is 14.6 Å². The third-order valence-corrected chi connectivity index (χ3v) is 6.91. The van der Waals surface area contributed by atoms with Crippen molar-refractivity contribution in [2.45, 2.75) is 25.8 Å². The van der Waals surface area contributed by atoms with E-state index in [2.05, 4.69) is 24.4 Å². The van der Waals surface area contributed by atoms with Crippen LogP contribution in [-0.4, -0.2) is 41.8 Å². The van der Waals surface area contributed by atoms with Crippen LogP contribution >= 0.6 is 11.3 Å². The average molecular weight is 517 g/mol. The van der Waals surface area contributed by atoms with E-state index in [1.165, 1.54) is 12.0 Å². The van der Waals surface area contributed by atoms with E-state index in [1.807, 2.05) is 42.5 Å². The second-order valence-electron chi connectivity index (χ2n) is 8.41. The molecule has 1 heterocycles. The third-order valence-electron chi connectivity index (χ3n) is 5.84. The summed E-state index contributed by atoms with van der Waals surface area (Å²) >= 11 is 1.68. The van der Waals surface area contributed by atoms with Crippen molar-refractivity contribution in [1.82, 2.24) is 4.98 Å². The van der Waals surface area contributed by atoms with Crippen molar-refractivity contribution in [3.05, 3.63) is 101 Å². The lowest BCUT2D eigenvalue weighted by Crippen LogP contribution is -2.32. The van der Waals surface area contributed by atoms with Gasteiger partial charge < -0.3 is 19.9 Å². The molecule has 4 rings (SSSR count). The van der Waals surface area contributed by atoms with Gasteiger partial charge in [0.25, 0.3) is 0 Å². The molecule has 0 amide bonds. The molecule has 1 atom stereocenters. The maximum atomic E-state index is 12.0. The van der Waals surface area contributed by atoms with Gasteiger partial charge in [-0.15, -0.1) is 11.3 Å². The summed E-state index contributed by atoms with van der Waals surface area (Å²) in [5, 5.41) is 13.7. The van der Waals surface area contributed by atoms with E-state index in [9.17, 15) is 14.7 Å². The Bertz CT molecular complexity index is 1350. The van der Waals surface area contributed by atoms with E-state index >= 15 is 0 Å². The monoisotopic (exact) mass is 516 g/mol. The van der Waals surface area contributed by atoms with Gasteiger partial charge in [0.2, 0.25) is 0 Å². The second-order valence-corrected chi connectivity index (χ2v) is 9.61. The topological polar surface area (TPSA) is 97.8 Å². The van der Waals surface area contributed by atoms with Crippen molar-refractivity contribution in [1.29, 1.82) is 0 Å². The minimum absolute atomic E-state index is 0.228. The molecule has 3 aromatic carbocycles. The molecule has 7 nitrogen and oxygen atoms in total. The molecule has 0 radical (unpaired) electrons. The number of aromatic nitrogens is 1. The first-order valence-corrected chi connectivity index (χ1v) is 12.7. The summed E-state index contributed by atoms with van der Waals surface area (Å²) in [4.78, 5) is 29.9. The van der Waals surface area contributed by atoms with Crippen LogP contribution in [0.1, 0.15) is 26.5 Å². The van der Waals surface area contributed by atoms with Crippen LogP contribution < -0.4 is 10.1 Å². The Labute approximate surface area is 219 Å². The van der Waals surface area contributed by atoms with Crippen LogP contribution in [-0.2, 0) is 22.4 Å². The molecule has 0 saturated carbocycles. The second kappa shape index (κ2) is 12.2. The Morgan fingerprint density at radius 1 is 1.00 bits per heavy atom. The molecule has 0 bridgehead atoms. The molecule has 1 unspecified atom stereocenters. The number of rotatable bonds is 11. The summed E-state index contributed by atoms with van der Waals surface area (Å²) in [6.07, 6.45) is 0.924. The van der Waals surface area contributed by atoms with E-state index in [4.69, 9.17) is 14.5 Å². The van der Waals surface area contributed by atoms with Crippen LogP contribution in [0.3, 0.4) is 0 Å². The Kier molecular flexibility index (Phi) is 8.53. The van der Waals surface area contributed by atoms with Gasteiger partial charge in [-0.3, -0.25) is 0 Å². The minimum atomic E-state index is -1.02. The molecule has 190 valence electrons. The van der Waals surface area contributed by atoms with Crippen LogP contribution in [0.25, 0.3) is 10.6 Å². The highest BCUT2D eigenvalue weighted by Gasteiger charge is 2.21. The number of hydrogen-bond donors (Lipinski definition) is 2. The van der Waals surface area contributed by atoms with Gasteiger partial charge in [-0.05, 0) is 36.8 Å². The van der Waals surface area contributed by atoms with E-state index in [0.717, 1.165) is 21.8 Å². The van der Waals surface area contributed by atoms with Crippen LogP contribution in [0, 0.1) is 6.92 Å². The highest BCUT2D eigenvalue weighted by Crippen LogP contribution is 2.28. The van der Waals surface area contributed by atoms with Gasteiger partial charge in [-0.2, -0.15) is 0 Å². The van der Waals surface area contributed by atoms with Crippen molar-refractivity contribution in [2.24, 2.45) is 0 Å². The number of esters is 1. The maximum Gasteiger partial charge on any atom is 0.339 e. The highest BCUT2D eigenvalue weighted by molar-refractivity contribution is 7.15. The fourth-order valence-electron chi connectivity index (χ4n) is 3.87. The Morgan fingerprint density at radius 2 is 1.70 bits per heavy atom. The third kappa shape index (κ3) is 6.74. The summed E-state index contributed by atoms with van der Waals surface area (Å²) in [6.45, 7) is 2.56. The molecule has 0 saturated heterocycles. The maximum absolute atomic E-state index is 12.0. The summed E-state index contributed by atoms with van der Waals surface area (Å²) < 4.78 is 10.7. The Balaban J connectivity index is 1.34. The number of carbonyl (C=O) groups is 2. The molecule has 0 aliphatic carbocycles. The van der Waals surface area contributed by atoms with Gasteiger partial charge >= 0.3 is 11.9 Å². The van der Waals surface area contributed by atoms with E-state index < -0.39 is 18.0 Å². The number of carboxylic acid groups (broad SMARTS) is 1. The fourth-order valence-corrected chi connectivity index (χ4v) is 4.84. The van der Waals surface area contributed by atoms with Crippen molar-refractivity contribution in [3.63, 3.8) is 0 Å². The number of nitrogens with one attached hydrogen (secondary N) is 1. The number of thiazole rings is 1. The number of aliphatic carboxylic acids is 1. The lowest BCUT2D eigenvalue weighted by atomic mass is 10.0. The molecule has 1 aromatic heterocycles. The zero-order valence-electron chi connectivity index (χ0n) is 20.6. The summed E-state index contributed by atoms with van der Waals surface area (Å²) in [7, 11) is 1.29. The normalized spacial score (nSPS) is 11.5. The van der Waals surface area contributed by atoms with Crippen molar-refractivity contribution in [2.75, 3.05) is 19.0 Å². The van der Waals surface area contributed by atoms with Crippen LogP contribution in [0.5, 0.6) is 5.75 Å². The zero-order chi connectivity index (χ0) is 26.2. The number of carboxylic acids is 1. The van der Waals surface area contributed by atoms with Crippen molar-refractivity contribution in [3.8, 4) is 16.3 Å². The molecule has 0 aliphatic rings. The SMILES string of the molecule is COC(=O)c1ccccc1NC(Cc1ccc(OCCc2nc(-c3ccccc3)sc2C)cc1)C(=O)O. The zero-order valence-corrected chi connectivity index (χ0v) is 21.5. The van der Waals surface area contributed by atoms with Crippen LogP contribution in [0.2, 0.25) is 0 Å². The smallest absolute Gasteiger partial charge is 0.339 e. The van der Waals surface area contributed by atoms with Crippen LogP contribution in [0.4, 0.5) is 5.69 Å². The number of carbonyl (C=O) groups excluding carboxylic acids is 1. The molecule has 8 heteroatoms. The van der Waals surface area contributed by atoms with Gasteiger partial charge in [0.1, 0.15) is 16.8 Å². The van der Waals surface area contributed by atoms with Gasteiger partial charge in [0.05, 0.1) is 25.0 Å². The number of anilines is 1. The predicted molar refractivity (Wildman–Crippen MR) is 144 cm³/mol. The lowest BCUT2D eigenvalue weighted by Gasteiger charge is -2.18. The molecular weight excluding hydrogens is 488 g/mol. The summed E-state index contributed by atoms with van der Waals surface area (Å²) in [5.74, 6) is -0.845. The van der Waals surface area contributed by atoms with Gasteiger partial charge in [-0.1, -0.05) is 54.6 Å². The minimum Gasteiger partial charge on any atom is -0.493 e. The number of ether oxygens (including phenoxy) is 2. The number of nitrogens with zero attached hydrogens (tertiary/aromatic N) is 1.